The molecule has 2 fully saturated rings. The molecule has 2 bridgehead atoms. The maximum absolute atomic E-state index is 14.9. The van der Waals surface area contributed by atoms with Gasteiger partial charge in [-0.1, -0.05) is 36.4 Å². The summed E-state index contributed by atoms with van der Waals surface area (Å²) in [7, 11) is 0. The zero-order valence-corrected chi connectivity index (χ0v) is 20.1. The highest BCUT2D eigenvalue weighted by Gasteiger charge is 2.49. The van der Waals surface area contributed by atoms with Crippen LogP contribution in [0.1, 0.15) is 32.6 Å². The summed E-state index contributed by atoms with van der Waals surface area (Å²) in [6, 6.07) is -0.415. The van der Waals surface area contributed by atoms with E-state index in [-0.39, 0.29) is 28.8 Å². The number of hydrogen-bond acceptors (Lipinski definition) is 6. The van der Waals surface area contributed by atoms with Crippen molar-refractivity contribution in [1.82, 2.24) is 19.9 Å². The third-order valence-corrected chi connectivity index (χ3v) is 7.45. The number of aromatic nitrogens is 3. The molecule has 11 heteroatoms. The van der Waals surface area contributed by atoms with Crippen molar-refractivity contribution in [1.29, 1.82) is 0 Å². The van der Waals surface area contributed by atoms with Crippen molar-refractivity contribution in [2.45, 2.75) is 55.9 Å². The zero-order chi connectivity index (χ0) is 22.3. The Balaban J connectivity index is 1.90. The van der Waals surface area contributed by atoms with Gasteiger partial charge in [-0.25, -0.2) is 24.1 Å². The van der Waals surface area contributed by atoms with Crippen molar-refractivity contribution < 1.29 is 14.3 Å². The fraction of sp³-hybridized carbons (Fsp3) is 0.500. The minimum atomic E-state index is -0.897. The number of thioether (sulfide) groups is 1. The molecule has 0 saturated carbocycles. The van der Waals surface area contributed by atoms with E-state index < -0.39 is 11.9 Å². The monoisotopic (exact) mass is 529 g/mol. The molecule has 4 rings (SSSR count). The van der Waals surface area contributed by atoms with Crippen LogP contribution in [0.5, 0.6) is 0 Å². The third kappa shape index (κ3) is 3.98. The molecule has 1 N–H and O–H groups in total. The van der Waals surface area contributed by atoms with Gasteiger partial charge in [0, 0.05) is 6.54 Å². The summed E-state index contributed by atoms with van der Waals surface area (Å²) in [5.41, 5.74) is 0.114. The van der Waals surface area contributed by atoms with Gasteiger partial charge in [-0.3, -0.25) is 4.90 Å². The van der Waals surface area contributed by atoms with Crippen LogP contribution in [-0.4, -0.2) is 61.5 Å². The molecule has 166 valence electrons. The fourth-order valence-electron chi connectivity index (χ4n) is 4.69. The highest BCUT2D eigenvalue weighted by Crippen LogP contribution is 2.42. The molecule has 2 aliphatic rings. The first-order valence-corrected chi connectivity index (χ1v) is 12.3. The molecule has 2 saturated heterocycles. The van der Waals surface area contributed by atoms with Crippen molar-refractivity contribution in [3.05, 3.63) is 28.2 Å². The quantitative estimate of drug-likeness (QED) is 0.233. The van der Waals surface area contributed by atoms with E-state index in [1.807, 2.05) is 13.0 Å². The standard InChI is InChI=1S/C20H22BrClFN5O2S/c1-3-5-6-11-12-8-7-10(28(12)20(29)30)9-27(11)18-13-15(24-19(26-18)31-4-2)14(23)17(22)25-16(13)21/h3,10-12H,1,4-9H2,2H3,(H,29,30)/t10-,11+,12+/m1/s1. The smallest absolute Gasteiger partial charge is 0.407 e. The summed E-state index contributed by atoms with van der Waals surface area (Å²) >= 11 is 10.8. The number of carbonyl (C=O) groups is 1. The second kappa shape index (κ2) is 9.07. The number of hydrogen-bond donors (Lipinski definition) is 1. The molecule has 3 atom stereocenters. The minimum absolute atomic E-state index is 0.114. The first-order valence-electron chi connectivity index (χ1n) is 10.1. The molecule has 0 unspecified atom stereocenters. The number of halogens is 3. The van der Waals surface area contributed by atoms with Gasteiger partial charge in [-0.15, -0.1) is 6.58 Å². The van der Waals surface area contributed by atoms with Gasteiger partial charge in [-0.2, -0.15) is 0 Å². The molecule has 4 heterocycles. The Hall–Kier alpha value is -1.65. The van der Waals surface area contributed by atoms with E-state index in [2.05, 4.69) is 37.4 Å². The van der Waals surface area contributed by atoms with Crippen molar-refractivity contribution in [2.24, 2.45) is 0 Å². The first-order chi connectivity index (χ1) is 14.9. The molecule has 0 aromatic carbocycles. The normalized spacial score (nSPS) is 22.9. The largest absolute Gasteiger partial charge is 0.465 e. The number of piperazine rings is 1. The van der Waals surface area contributed by atoms with Gasteiger partial charge in [0.25, 0.3) is 0 Å². The predicted octanol–water partition coefficient (Wildman–Crippen LogP) is 5.36. The number of anilines is 1. The zero-order valence-electron chi connectivity index (χ0n) is 16.9. The summed E-state index contributed by atoms with van der Waals surface area (Å²) in [6.07, 6.45) is 3.96. The van der Waals surface area contributed by atoms with E-state index in [0.717, 1.165) is 25.0 Å². The van der Waals surface area contributed by atoms with Crippen LogP contribution < -0.4 is 4.90 Å². The van der Waals surface area contributed by atoms with Gasteiger partial charge in [0.1, 0.15) is 15.9 Å². The molecular formula is C20H22BrClFN5O2S. The molecule has 31 heavy (non-hydrogen) atoms. The molecular weight excluding hydrogens is 509 g/mol. The average molecular weight is 531 g/mol. The molecule has 1 amide bonds. The Bertz CT molecular complexity index is 1040. The van der Waals surface area contributed by atoms with Crippen molar-refractivity contribution in [2.75, 3.05) is 17.2 Å². The number of fused-ring (bicyclic) bond motifs is 3. The third-order valence-electron chi connectivity index (χ3n) is 5.89. The number of carboxylic acid groups (broad SMARTS) is 1. The lowest BCUT2D eigenvalue weighted by Crippen LogP contribution is -2.61. The Morgan fingerprint density at radius 1 is 1.42 bits per heavy atom. The van der Waals surface area contributed by atoms with Crippen LogP contribution in [0.15, 0.2) is 22.4 Å². The van der Waals surface area contributed by atoms with E-state index >= 15 is 0 Å². The predicted molar refractivity (Wildman–Crippen MR) is 124 cm³/mol. The summed E-state index contributed by atoms with van der Waals surface area (Å²) < 4.78 is 15.3. The Morgan fingerprint density at radius 2 is 2.19 bits per heavy atom. The maximum atomic E-state index is 14.9. The minimum Gasteiger partial charge on any atom is -0.465 e. The van der Waals surface area contributed by atoms with Crippen LogP contribution in [0, 0.1) is 5.82 Å². The van der Waals surface area contributed by atoms with E-state index in [4.69, 9.17) is 16.6 Å². The number of amides is 1. The van der Waals surface area contributed by atoms with Crippen LogP contribution in [0.4, 0.5) is 15.0 Å². The Labute approximate surface area is 197 Å². The van der Waals surface area contributed by atoms with E-state index in [0.29, 0.717) is 33.9 Å². The second-order valence-corrected chi connectivity index (χ2v) is 9.91. The van der Waals surface area contributed by atoms with E-state index in [1.165, 1.54) is 11.8 Å². The summed E-state index contributed by atoms with van der Waals surface area (Å²) in [4.78, 5) is 28.9. The second-order valence-electron chi connectivity index (χ2n) is 7.57. The summed E-state index contributed by atoms with van der Waals surface area (Å²) in [5.74, 6) is 0.605. The number of nitrogens with zero attached hydrogens (tertiary/aromatic N) is 5. The SMILES string of the molecule is C=CCC[C@H]1[C@@H]2CC[C@H](CN1c1nc(SCC)nc3c(F)c(Cl)nc(Br)c13)N2C(=O)O. The van der Waals surface area contributed by atoms with Gasteiger partial charge in [-0.05, 0) is 47.4 Å². The molecule has 0 spiro atoms. The topological polar surface area (TPSA) is 82.5 Å². The molecule has 7 nitrogen and oxygen atoms in total. The molecule has 2 aliphatic heterocycles. The van der Waals surface area contributed by atoms with Gasteiger partial charge in [0.2, 0.25) is 0 Å². The summed E-state index contributed by atoms with van der Waals surface area (Å²) in [5, 5.41) is 10.4. The van der Waals surface area contributed by atoms with Crippen molar-refractivity contribution >= 4 is 62.1 Å². The van der Waals surface area contributed by atoms with E-state index in [9.17, 15) is 14.3 Å². The number of allylic oxidation sites excluding steroid dienone is 1. The first kappa shape index (κ1) is 22.5. The van der Waals surface area contributed by atoms with Crippen LogP contribution in [-0.2, 0) is 0 Å². The highest BCUT2D eigenvalue weighted by molar-refractivity contribution is 9.10. The lowest BCUT2D eigenvalue weighted by atomic mass is 9.97. The highest BCUT2D eigenvalue weighted by atomic mass is 79.9. The molecule has 0 radical (unpaired) electrons. The van der Waals surface area contributed by atoms with Gasteiger partial charge >= 0.3 is 6.09 Å². The average Bonchev–Trinajstić information content (AvgIpc) is 3.06. The molecule has 2 aromatic rings. The molecule has 2 aromatic heterocycles. The summed E-state index contributed by atoms with van der Waals surface area (Å²) in [6.45, 7) is 6.27. The van der Waals surface area contributed by atoms with Crippen molar-refractivity contribution in [3.8, 4) is 0 Å². The Morgan fingerprint density at radius 3 is 2.87 bits per heavy atom. The van der Waals surface area contributed by atoms with Gasteiger partial charge in [0.15, 0.2) is 16.1 Å². The van der Waals surface area contributed by atoms with Crippen LogP contribution >= 0.6 is 39.3 Å². The lowest BCUT2D eigenvalue weighted by Gasteiger charge is -2.46. The molecule has 0 aliphatic carbocycles. The van der Waals surface area contributed by atoms with Crippen LogP contribution in [0.2, 0.25) is 5.15 Å². The maximum Gasteiger partial charge on any atom is 0.407 e. The van der Waals surface area contributed by atoms with Gasteiger partial charge < -0.3 is 10.0 Å². The van der Waals surface area contributed by atoms with Gasteiger partial charge in [0.05, 0.1) is 23.5 Å². The number of pyridine rings is 1. The number of rotatable bonds is 6. The van der Waals surface area contributed by atoms with Crippen molar-refractivity contribution in [3.63, 3.8) is 0 Å². The Kier molecular flexibility index (Phi) is 6.60. The van der Waals surface area contributed by atoms with Crippen LogP contribution in [0.3, 0.4) is 0 Å². The fourth-order valence-corrected chi connectivity index (χ4v) is 6.07. The lowest BCUT2D eigenvalue weighted by molar-refractivity contribution is 0.0996. The van der Waals surface area contributed by atoms with E-state index in [1.54, 1.807) is 4.90 Å². The van der Waals surface area contributed by atoms with Crippen LogP contribution in [0.25, 0.3) is 10.9 Å².